The zero-order chi connectivity index (χ0) is 10.6. The predicted octanol–water partition coefficient (Wildman–Crippen LogP) is 2.36. The maximum absolute atomic E-state index is 8.66. The highest BCUT2D eigenvalue weighted by molar-refractivity contribution is 6.31. The molecule has 1 unspecified atom stereocenters. The molecule has 0 radical (unpaired) electrons. The number of nitriles is 1. The molecule has 0 aliphatic carbocycles. The number of rotatable bonds is 3. The van der Waals surface area contributed by atoms with E-state index in [0.717, 1.165) is 12.0 Å². The maximum atomic E-state index is 8.66. The van der Waals surface area contributed by atoms with E-state index >= 15 is 0 Å². The van der Waals surface area contributed by atoms with Crippen LogP contribution in [0.1, 0.15) is 18.1 Å². The largest absolute Gasteiger partial charge is 0.317 e. The van der Waals surface area contributed by atoms with Gasteiger partial charge < -0.3 is 5.32 Å². The molecule has 0 aliphatic rings. The number of likely N-dealkylation sites (N-methyl/N-ethyl adjacent to an activating group) is 1. The van der Waals surface area contributed by atoms with Gasteiger partial charge in [0.05, 0.1) is 11.6 Å². The van der Waals surface area contributed by atoms with E-state index in [-0.39, 0.29) is 0 Å². The molecular weight excluding hydrogens is 196 g/mol. The molecule has 3 heteroatoms. The average molecular weight is 209 g/mol. The van der Waals surface area contributed by atoms with E-state index in [1.54, 1.807) is 12.1 Å². The third-order valence-corrected chi connectivity index (χ3v) is 2.55. The van der Waals surface area contributed by atoms with E-state index < -0.39 is 0 Å². The molecular formula is C11H13ClN2. The van der Waals surface area contributed by atoms with Crippen LogP contribution in [0.4, 0.5) is 0 Å². The monoisotopic (exact) mass is 208 g/mol. The lowest BCUT2D eigenvalue weighted by Gasteiger charge is -2.11. The quantitative estimate of drug-likeness (QED) is 0.828. The van der Waals surface area contributed by atoms with Gasteiger partial charge in [-0.05, 0) is 38.1 Å². The van der Waals surface area contributed by atoms with Gasteiger partial charge in [-0.3, -0.25) is 0 Å². The first-order valence-corrected chi connectivity index (χ1v) is 4.91. The van der Waals surface area contributed by atoms with Crippen molar-refractivity contribution < 1.29 is 0 Å². The Morgan fingerprint density at radius 3 is 2.79 bits per heavy atom. The zero-order valence-corrected chi connectivity index (χ0v) is 9.10. The van der Waals surface area contributed by atoms with Crippen LogP contribution in [0.2, 0.25) is 5.02 Å². The summed E-state index contributed by atoms with van der Waals surface area (Å²) in [6, 6.07) is 7.87. The minimum atomic E-state index is 0.389. The van der Waals surface area contributed by atoms with Gasteiger partial charge in [0, 0.05) is 11.1 Å². The summed E-state index contributed by atoms with van der Waals surface area (Å²) < 4.78 is 0. The van der Waals surface area contributed by atoms with E-state index in [9.17, 15) is 0 Å². The highest BCUT2D eigenvalue weighted by Crippen LogP contribution is 2.18. The first-order chi connectivity index (χ1) is 6.67. The smallest absolute Gasteiger partial charge is 0.0992 e. The number of hydrogen-bond acceptors (Lipinski definition) is 2. The fourth-order valence-electron chi connectivity index (χ4n) is 1.21. The van der Waals surface area contributed by atoms with E-state index in [4.69, 9.17) is 16.9 Å². The van der Waals surface area contributed by atoms with E-state index in [1.165, 1.54) is 0 Å². The number of benzene rings is 1. The molecule has 0 fully saturated rings. The summed E-state index contributed by atoms with van der Waals surface area (Å²) in [4.78, 5) is 0. The number of nitrogens with zero attached hydrogens (tertiary/aromatic N) is 1. The Balaban J connectivity index is 2.85. The maximum Gasteiger partial charge on any atom is 0.0992 e. The van der Waals surface area contributed by atoms with Gasteiger partial charge in [-0.2, -0.15) is 5.26 Å². The second kappa shape index (κ2) is 4.99. The molecule has 0 amide bonds. The summed E-state index contributed by atoms with van der Waals surface area (Å²) in [5, 5.41) is 12.5. The fourth-order valence-corrected chi connectivity index (χ4v) is 1.47. The van der Waals surface area contributed by atoms with Gasteiger partial charge in [-0.25, -0.2) is 0 Å². The summed E-state index contributed by atoms with van der Waals surface area (Å²) in [6.45, 7) is 2.09. The lowest BCUT2D eigenvalue weighted by Crippen LogP contribution is -2.23. The Labute approximate surface area is 89.5 Å². The molecule has 1 aromatic rings. The van der Waals surface area contributed by atoms with Crippen molar-refractivity contribution in [3.8, 4) is 6.07 Å². The molecule has 0 bridgehead atoms. The van der Waals surface area contributed by atoms with Gasteiger partial charge in [0.2, 0.25) is 0 Å². The Kier molecular flexibility index (Phi) is 3.94. The molecule has 74 valence electrons. The molecule has 1 rings (SSSR count). The van der Waals surface area contributed by atoms with E-state index in [1.807, 2.05) is 13.1 Å². The fraction of sp³-hybridized carbons (Fsp3) is 0.364. The van der Waals surface area contributed by atoms with Crippen molar-refractivity contribution in [2.45, 2.75) is 19.4 Å². The molecule has 0 aliphatic heterocycles. The Bertz CT molecular complexity index is 355. The van der Waals surface area contributed by atoms with Crippen LogP contribution in [0.25, 0.3) is 0 Å². The van der Waals surface area contributed by atoms with Crippen molar-refractivity contribution in [1.82, 2.24) is 5.32 Å². The van der Waals surface area contributed by atoms with Crippen LogP contribution in [-0.4, -0.2) is 13.1 Å². The first kappa shape index (κ1) is 11.0. The van der Waals surface area contributed by atoms with Gasteiger partial charge in [0.25, 0.3) is 0 Å². The van der Waals surface area contributed by atoms with Crippen molar-refractivity contribution in [2.24, 2.45) is 0 Å². The van der Waals surface area contributed by atoms with Crippen molar-refractivity contribution in [3.05, 3.63) is 34.3 Å². The van der Waals surface area contributed by atoms with Gasteiger partial charge >= 0.3 is 0 Å². The third-order valence-electron chi connectivity index (χ3n) is 2.20. The Morgan fingerprint density at radius 2 is 2.29 bits per heavy atom. The molecule has 1 aromatic carbocycles. The van der Waals surface area contributed by atoms with Crippen molar-refractivity contribution in [3.63, 3.8) is 0 Å². The minimum Gasteiger partial charge on any atom is -0.317 e. The molecule has 1 N–H and O–H groups in total. The second-order valence-electron chi connectivity index (χ2n) is 3.31. The van der Waals surface area contributed by atoms with Gasteiger partial charge in [0.1, 0.15) is 0 Å². The molecule has 0 saturated heterocycles. The number of hydrogen-bond donors (Lipinski definition) is 1. The van der Waals surface area contributed by atoms with Gasteiger partial charge in [-0.15, -0.1) is 0 Å². The van der Waals surface area contributed by atoms with Crippen molar-refractivity contribution in [1.29, 1.82) is 5.26 Å². The molecule has 0 spiro atoms. The summed E-state index contributed by atoms with van der Waals surface area (Å²) in [5.74, 6) is 0. The van der Waals surface area contributed by atoms with Crippen LogP contribution < -0.4 is 5.32 Å². The van der Waals surface area contributed by atoms with Gasteiger partial charge in [0.15, 0.2) is 0 Å². The predicted molar refractivity (Wildman–Crippen MR) is 58.4 cm³/mol. The molecule has 0 aromatic heterocycles. The third kappa shape index (κ3) is 2.73. The van der Waals surface area contributed by atoms with E-state index in [2.05, 4.69) is 18.3 Å². The van der Waals surface area contributed by atoms with Crippen molar-refractivity contribution in [2.75, 3.05) is 7.05 Å². The number of nitrogens with one attached hydrogen (secondary N) is 1. The van der Waals surface area contributed by atoms with Crippen molar-refractivity contribution >= 4 is 11.6 Å². The van der Waals surface area contributed by atoms with E-state index in [0.29, 0.717) is 16.6 Å². The Morgan fingerprint density at radius 1 is 1.57 bits per heavy atom. The number of halogens is 1. The Hall–Kier alpha value is -1.04. The highest BCUT2D eigenvalue weighted by atomic mass is 35.5. The molecule has 0 heterocycles. The van der Waals surface area contributed by atoms with Gasteiger partial charge in [-0.1, -0.05) is 17.7 Å². The van der Waals surface area contributed by atoms with Crippen LogP contribution >= 0.6 is 11.6 Å². The average Bonchev–Trinajstić information content (AvgIpc) is 2.20. The molecule has 14 heavy (non-hydrogen) atoms. The van der Waals surface area contributed by atoms with Crippen LogP contribution in [-0.2, 0) is 6.42 Å². The minimum absolute atomic E-state index is 0.389. The normalized spacial score (nSPS) is 12.1. The van der Waals surface area contributed by atoms with Crippen LogP contribution in [0, 0.1) is 11.3 Å². The summed E-state index contributed by atoms with van der Waals surface area (Å²) in [5.41, 5.74) is 1.68. The summed E-state index contributed by atoms with van der Waals surface area (Å²) in [7, 11) is 1.92. The molecule has 1 atom stereocenters. The second-order valence-corrected chi connectivity index (χ2v) is 3.72. The topological polar surface area (TPSA) is 35.8 Å². The van der Waals surface area contributed by atoms with Crippen LogP contribution in [0.3, 0.4) is 0 Å². The summed E-state index contributed by atoms with van der Waals surface area (Å²) >= 11 is 6.03. The van der Waals surface area contributed by atoms with Crippen LogP contribution in [0.15, 0.2) is 18.2 Å². The zero-order valence-electron chi connectivity index (χ0n) is 8.34. The SMILES string of the molecule is CNC(C)Cc1ccc(C#N)cc1Cl. The molecule has 0 saturated carbocycles. The standard InChI is InChI=1S/C11H13ClN2/c1-8(14-2)5-10-4-3-9(7-13)6-11(10)12/h3-4,6,8,14H,5H2,1-2H3. The lowest BCUT2D eigenvalue weighted by molar-refractivity contribution is 0.608. The van der Waals surface area contributed by atoms with Crippen LogP contribution in [0.5, 0.6) is 0 Å². The first-order valence-electron chi connectivity index (χ1n) is 4.53. The summed E-state index contributed by atoms with van der Waals surface area (Å²) in [6.07, 6.45) is 0.876. The lowest BCUT2D eigenvalue weighted by atomic mass is 10.1. The highest BCUT2D eigenvalue weighted by Gasteiger charge is 2.05. The molecule has 2 nitrogen and oxygen atoms in total.